The van der Waals surface area contributed by atoms with Gasteiger partial charge in [0.2, 0.25) is 5.78 Å². The SMILES string of the molecule is O=C(c1ccc2c(c1)Cc1cc(Cl)cnc1C=C2)C(F)F. The highest BCUT2D eigenvalue weighted by Crippen LogP contribution is 2.26. The fourth-order valence-electron chi connectivity index (χ4n) is 2.36. The number of Topliss-reactive ketones (excluding diaryl/α,β-unsaturated/α-hetero) is 1. The van der Waals surface area contributed by atoms with E-state index >= 15 is 0 Å². The molecular formula is C16H10ClF2NO. The fraction of sp³-hybridized carbons (Fsp3) is 0.125. The Morgan fingerprint density at radius 3 is 2.76 bits per heavy atom. The molecule has 106 valence electrons. The Morgan fingerprint density at radius 1 is 1.19 bits per heavy atom. The molecule has 0 saturated heterocycles. The minimum atomic E-state index is -2.99. The van der Waals surface area contributed by atoms with Gasteiger partial charge in [0.25, 0.3) is 0 Å². The maximum absolute atomic E-state index is 12.5. The van der Waals surface area contributed by atoms with E-state index in [2.05, 4.69) is 4.98 Å². The van der Waals surface area contributed by atoms with Crippen LogP contribution in [0.25, 0.3) is 12.2 Å². The molecule has 3 rings (SSSR count). The van der Waals surface area contributed by atoms with Crippen LogP contribution in [-0.2, 0) is 6.42 Å². The van der Waals surface area contributed by atoms with Crippen molar-refractivity contribution in [2.75, 3.05) is 0 Å². The summed E-state index contributed by atoms with van der Waals surface area (Å²) in [6, 6.07) is 6.41. The highest BCUT2D eigenvalue weighted by molar-refractivity contribution is 6.30. The third kappa shape index (κ3) is 2.72. The minimum absolute atomic E-state index is 0.0237. The highest BCUT2D eigenvalue weighted by Gasteiger charge is 2.19. The summed E-state index contributed by atoms with van der Waals surface area (Å²) in [5.41, 5.74) is 3.41. The number of carbonyl (C=O) groups excluding carboxylic acids is 1. The summed E-state index contributed by atoms with van der Waals surface area (Å²) in [4.78, 5) is 15.7. The van der Waals surface area contributed by atoms with E-state index in [9.17, 15) is 13.6 Å². The number of halogens is 3. The second-order valence-electron chi connectivity index (χ2n) is 4.79. The maximum Gasteiger partial charge on any atom is 0.300 e. The van der Waals surface area contributed by atoms with Crippen LogP contribution in [0.4, 0.5) is 8.78 Å². The minimum Gasteiger partial charge on any atom is -0.288 e. The Balaban J connectivity index is 2.06. The molecule has 2 nitrogen and oxygen atoms in total. The van der Waals surface area contributed by atoms with E-state index in [4.69, 9.17) is 11.6 Å². The molecule has 0 bridgehead atoms. The van der Waals surface area contributed by atoms with Crippen molar-refractivity contribution in [2.24, 2.45) is 0 Å². The zero-order chi connectivity index (χ0) is 15.0. The van der Waals surface area contributed by atoms with Gasteiger partial charge in [-0.15, -0.1) is 0 Å². The predicted molar refractivity (Wildman–Crippen MR) is 77.8 cm³/mol. The summed E-state index contributed by atoms with van der Waals surface area (Å²) in [5.74, 6) is -1.16. The molecule has 0 saturated carbocycles. The molecule has 1 aromatic heterocycles. The van der Waals surface area contributed by atoms with Gasteiger partial charge in [-0.1, -0.05) is 29.8 Å². The molecule has 0 radical (unpaired) electrons. The Morgan fingerprint density at radius 2 is 2.00 bits per heavy atom. The molecule has 21 heavy (non-hydrogen) atoms. The average Bonchev–Trinajstić information content (AvgIpc) is 2.63. The van der Waals surface area contributed by atoms with Crippen LogP contribution >= 0.6 is 11.6 Å². The first kappa shape index (κ1) is 13.9. The first-order chi connectivity index (χ1) is 10.0. The normalized spacial score (nSPS) is 12.8. The molecule has 0 N–H and O–H groups in total. The van der Waals surface area contributed by atoms with Gasteiger partial charge in [-0.3, -0.25) is 9.78 Å². The lowest BCUT2D eigenvalue weighted by Gasteiger charge is -2.08. The lowest BCUT2D eigenvalue weighted by atomic mass is 9.98. The number of fused-ring (bicyclic) bond motifs is 2. The van der Waals surface area contributed by atoms with Crippen LogP contribution in [0.15, 0.2) is 30.5 Å². The van der Waals surface area contributed by atoms with Crippen LogP contribution < -0.4 is 0 Å². The first-order valence-corrected chi connectivity index (χ1v) is 6.70. The molecule has 5 heteroatoms. The molecule has 1 aliphatic rings. The predicted octanol–water partition coefficient (Wildman–Crippen LogP) is 4.26. The van der Waals surface area contributed by atoms with Crippen LogP contribution in [-0.4, -0.2) is 17.2 Å². The van der Waals surface area contributed by atoms with Crippen molar-refractivity contribution in [2.45, 2.75) is 12.8 Å². The zero-order valence-corrected chi connectivity index (χ0v) is 11.6. The van der Waals surface area contributed by atoms with E-state index in [1.165, 1.54) is 12.1 Å². The molecule has 0 spiro atoms. The molecule has 1 heterocycles. The number of benzene rings is 1. The number of hydrogen-bond donors (Lipinski definition) is 0. The Kier molecular flexibility index (Phi) is 3.55. The monoisotopic (exact) mass is 305 g/mol. The molecule has 0 amide bonds. The molecule has 0 aliphatic heterocycles. The number of nitrogens with zero attached hydrogens (tertiary/aromatic N) is 1. The zero-order valence-electron chi connectivity index (χ0n) is 10.8. The van der Waals surface area contributed by atoms with Crippen LogP contribution in [0, 0.1) is 0 Å². The van der Waals surface area contributed by atoms with E-state index in [0.29, 0.717) is 11.4 Å². The molecule has 0 atom stereocenters. The van der Waals surface area contributed by atoms with Crippen LogP contribution in [0.1, 0.15) is 32.7 Å². The smallest absolute Gasteiger partial charge is 0.288 e. The van der Waals surface area contributed by atoms with Gasteiger partial charge in [-0.25, -0.2) is 8.78 Å². The van der Waals surface area contributed by atoms with Gasteiger partial charge in [-0.05, 0) is 34.9 Å². The summed E-state index contributed by atoms with van der Waals surface area (Å²) in [6.45, 7) is 0. The largest absolute Gasteiger partial charge is 0.300 e. The Hall–Kier alpha value is -2.07. The van der Waals surface area contributed by atoms with Crippen molar-refractivity contribution in [3.05, 3.63) is 63.4 Å². The molecule has 2 aromatic rings. The second-order valence-corrected chi connectivity index (χ2v) is 5.22. The van der Waals surface area contributed by atoms with Gasteiger partial charge in [0.1, 0.15) is 0 Å². The summed E-state index contributed by atoms with van der Waals surface area (Å²) >= 11 is 5.94. The second kappa shape index (κ2) is 5.37. The quantitative estimate of drug-likeness (QED) is 0.662. The van der Waals surface area contributed by atoms with Crippen molar-refractivity contribution in [3.8, 4) is 0 Å². The third-order valence-corrected chi connectivity index (χ3v) is 3.60. The van der Waals surface area contributed by atoms with Crippen LogP contribution in [0.3, 0.4) is 0 Å². The van der Waals surface area contributed by atoms with Gasteiger partial charge in [0, 0.05) is 18.2 Å². The van der Waals surface area contributed by atoms with Gasteiger partial charge >= 0.3 is 6.43 Å². The first-order valence-electron chi connectivity index (χ1n) is 6.32. The van der Waals surface area contributed by atoms with Crippen molar-refractivity contribution < 1.29 is 13.6 Å². The average molecular weight is 306 g/mol. The Labute approximate surface area is 125 Å². The lowest BCUT2D eigenvalue weighted by molar-refractivity contribution is 0.0678. The number of alkyl halides is 2. The van der Waals surface area contributed by atoms with Gasteiger partial charge in [0.15, 0.2) is 0 Å². The number of rotatable bonds is 2. The molecular weight excluding hydrogens is 296 g/mol. The van der Waals surface area contributed by atoms with Crippen molar-refractivity contribution in [1.29, 1.82) is 0 Å². The topological polar surface area (TPSA) is 30.0 Å². The standard InChI is InChI=1S/C16H10ClF2NO/c17-13-7-12-6-11-5-10(15(21)16(18)19)2-1-9(11)3-4-14(12)20-8-13/h1-5,7-8,16H,6H2. The van der Waals surface area contributed by atoms with Crippen molar-refractivity contribution >= 4 is 29.5 Å². The maximum atomic E-state index is 12.5. The number of hydrogen-bond acceptors (Lipinski definition) is 2. The van der Waals surface area contributed by atoms with E-state index in [1.807, 2.05) is 12.2 Å². The lowest BCUT2D eigenvalue weighted by Crippen LogP contribution is -2.10. The van der Waals surface area contributed by atoms with Crippen molar-refractivity contribution in [3.63, 3.8) is 0 Å². The van der Waals surface area contributed by atoms with Crippen LogP contribution in [0.5, 0.6) is 0 Å². The summed E-state index contributed by atoms with van der Waals surface area (Å²) in [5, 5.41) is 0.519. The number of carbonyl (C=O) groups is 1. The van der Waals surface area contributed by atoms with Gasteiger partial charge < -0.3 is 0 Å². The Bertz CT molecular complexity index is 756. The van der Waals surface area contributed by atoms with Gasteiger partial charge in [-0.2, -0.15) is 0 Å². The summed E-state index contributed by atoms with van der Waals surface area (Å²) < 4.78 is 25.1. The van der Waals surface area contributed by atoms with E-state index in [1.54, 1.807) is 18.3 Å². The molecule has 0 fully saturated rings. The number of pyridine rings is 1. The van der Waals surface area contributed by atoms with E-state index in [0.717, 1.165) is 22.4 Å². The van der Waals surface area contributed by atoms with Crippen LogP contribution in [0.2, 0.25) is 5.02 Å². The van der Waals surface area contributed by atoms with E-state index in [-0.39, 0.29) is 5.56 Å². The van der Waals surface area contributed by atoms with Gasteiger partial charge in [0.05, 0.1) is 10.7 Å². The van der Waals surface area contributed by atoms with E-state index < -0.39 is 12.2 Å². The molecule has 0 unspecified atom stereocenters. The van der Waals surface area contributed by atoms with Crippen molar-refractivity contribution in [1.82, 2.24) is 4.98 Å². The fourth-order valence-corrected chi connectivity index (χ4v) is 2.54. The number of aromatic nitrogens is 1. The summed E-state index contributed by atoms with van der Waals surface area (Å²) in [7, 11) is 0. The molecule has 1 aliphatic carbocycles. The third-order valence-electron chi connectivity index (χ3n) is 3.40. The molecule has 1 aromatic carbocycles. The summed E-state index contributed by atoms with van der Waals surface area (Å²) in [6.07, 6.45) is 2.78. The number of ketones is 1. The highest BCUT2D eigenvalue weighted by atomic mass is 35.5.